The van der Waals surface area contributed by atoms with E-state index in [0.29, 0.717) is 0 Å². The highest BCUT2D eigenvalue weighted by atomic mass is 15.1. The predicted octanol–water partition coefficient (Wildman–Crippen LogP) is 6.71. The summed E-state index contributed by atoms with van der Waals surface area (Å²) in [6.45, 7) is 0. The highest BCUT2D eigenvalue weighted by Crippen LogP contribution is 2.36. The molecule has 3 heterocycles. The van der Waals surface area contributed by atoms with Gasteiger partial charge in [0.25, 0.3) is 0 Å². The molecule has 0 saturated carbocycles. The van der Waals surface area contributed by atoms with Crippen molar-refractivity contribution in [1.29, 1.82) is 0 Å². The van der Waals surface area contributed by atoms with Gasteiger partial charge in [-0.25, -0.2) is 4.98 Å². The molecule has 0 fully saturated rings. The highest BCUT2D eigenvalue weighted by Gasteiger charge is 2.17. The predicted molar refractivity (Wildman–Crippen MR) is 124 cm³/mol. The van der Waals surface area contributed by atoms with E-state index in [1.165, 1.54) is 32.6 Å². The van der Waals surface area contributed by atoms with Crippen molar-refractivity contribution in [2.24, 2.45) is 0 Å². The number of para-hydroxylation sites is 3. The van der Waals surface area contributed by atoms with Crippen LogP contribution in [0.4, 0.5) is 0 Å². The Bertz CT molecular complexity index is 1740. The SMILES string of the molecule is c1ccc(-c2cn3c4ccccc4c4cccc5c6ccccc6n(c45)c3n2)cc1. The Kier molecular flexibility index (Phi) is 3.00. The zero-order valence-corrected chi connectivity index (χ0v) is 16.2. The fourth-order valence-corrected chi connectivity index (χ4v) is 4.81. The van der Waals surface area contributed by atoms with Gasteiger partial charge in [0, 0.05) is 33.3 Å². The number of hydrogen-bond donors (Lipinski definition) is 0. The van der Waals surface area contributed by atoms with Gasteiger partial charge >= 0.3 is 0 Å². The van der Waals surface area contributed by atoms with Crippen LogP contribution in [0.25, 0.3) is 55.1 Å². The van der Waals surface area contributed by atoms with Crippen LogP contribution in [0.2, 0.25) is 0 Å². The molecular formula is C27H17N3. The van der Waals surface area contributed by atoms with Crippen LogP contribution in [-0.2, 0) is 0 Å². The van der Waals surface area contributed by atoms with Crippen molar-refractivity contribution < 1.29 is 0 Å². The summed E-state index contributed by atoms with van der Waals surface area (Å²) in [7, 11) is 0. The standard InChI is InChI=1S/C27H17N3/c1-2-9-18(10-3-1)23-17-29-24-15-6-4-11-19(24)21-13-8-14-22-20-12-5-7-16-25(20)30(26(21)22)27(29)28-23/h1-17H. The number of rotatable bonds is 1. The minimum absolute atomic E-state index is 0.928. The summed E-state index contributed by atoms with van der Waals surface area (Å²) < 4.78 is 4.57. The molecule has 4 aromatic carbocycles. The molecule has 0 amide bonds. The molecule has 0 aliphatic carbocycles. The fourth-order valence-electron chi connectivity index (χ4n) is 4.81. The molecular weight excluding hydrogens is 366 g/mol. The minimum Gasteiger partial charge on any atom is -0.284 e. The lowest BCUT2D eigenvalue weighted by Crippen LogP contribution is -1.89. The molecule has 3 aromatic heterocycles. The van der Waals surface area contributed by atoms with Crippen LogP contribution in [0.15, 0.2) is 103 Å². The van der Waals surface area contributed by atoms with Gasteiger partial charge in [-0.2, -0.15) is 0 Å². The van der Waals surface area contributed by atoms with Crippen LogP contribution in [-0.4, -0.2) is 13.8 Å². The van der Waals surface area contributed by atoms with Crippen LogP contribution in [0.1, 0.15) is 0 Å². The average molecular weight is 383 g/mol. The molecule has 0 unspecified atom stereocenters. The maximum Gasteiger partial charge on any atom is 0.220 e. The maximum absolute atomic E-state index is 5.15. The van der Waals surface area contributed by atoms with Crippen LogP contribution >= 0.6 is 0 Å². The molecule has 0 aliphatic rings. The van der Waals surface area contributed by atoms with Crippen LogP contribution in [0.3, 0.4) is 0 Å². The number of benzene rings is 4. The van der Waals surface area contributed by atoms with E-state index in [1.54, 1.807) is 0 Å². The number of hydrogen-bond acceptors (Lipinski definition) is 1. The lowest BCUT2D eigenvalue weighted by molar-refractivity contribution is 1.15. The third-order valence-corrected chi connectivity index (χ3v) is 6.11. The van der Waals surface area contributed by atoms with Gasteiger partial charge in [-0.05, 0) is 12.1 Å². The van der Waals surface area contributed by atoms with Gasteiger partial charge in [-0.3, -0.25) is 8.80 Å². The normalized spacial score (nSPS) is 12.0. The van der Waals surface area contributed by atoms with Gasteiger partial charge in [0.2, 0.25) is 5.78 Å². The Morgan fingerprint density at radius 1 is 0.533 bits per heavy atom. The van der Waals surface area contributed by atoms with E-state index in [2.05, 4.69) is 106 Å². The molecule has 3 nitrogen and oxygen atoms in total. The van der Waals surface area contributed by atoms with E-state index in [9.17, 15) is 0 Å². The van der Waals surface area contributed by atoms with Gasteiger partial charge in [0.1, 0.15) is 0 Å². The molecule has 0 aliphatic heterocycles. The molecule has 7 aromatic rings. The molecule has 0 atom stereocenters. The summed E-state index contributed by atoms with van der Waals surface area (Å²) in [6.07, 6.45) is 2.16. The van der Waals surface area contributed by atoms with Crippen LogP contribution < -0.4 is 0 Å². The Morgan fingerprint density at radius 3 is 1.90 bits per heavy atom. The summed E-state index contributed by atoms with van der Waals surface area (Å²) >= 11 is 0. The van der Waals surface area contributed by atoms with E-state index < -0.39 is 0 Å². The second kappa shape index (κ2) is 5.71. The smallest absolute Gasteiger partial charge is 0.220 e. The van der Waals surface area contributed by atoms with E-state index in [1.807, 2.05) is 6.07 Å². The van der Waals surface area contributed by atoms with E-state index in [4.69, 9.17) is 4.98 Å². The molecule has 0 N–H and O–H groups in total. The van der Waals surface area contributed by atoms with Gasteiger partial charge in [0.05, 0.1) is 22.2 Å². The van der Waals surface area contributed by atoms with Crippen molar-refractivity contribution in [3.8, 4) is 11.3 Å². The van der Waals surface area contributed by atoms with Crippen molar-refractivity contribution in [1.82, 2.24) is 13.8 Å². The second-order valence-corrected chi connectivity index (χ2v) is 7.73. The van der Waals surface area contributed by atoms with Gasteiger partial charge in [-0.1, -0.05) is 84.9 Å². The minimum atomic E-state index is 0.928. The fraction of sp³-hybridized carbons (Fsp3) is 0. The first-order valence-corrected chi connectivity index (χ1v) is 10.2. The summed E-state index contributed by atoms with van der Waals surface area (Å²) in [5, 5.41) is 4.98. The van der Waals surface area contributed by atoms with E-state index in [-0.39, 0.29) is 0 Å². The second-order valence-electron chi connectivity index (χ2n) is 7.73. The van der Waals surface area contributed by atoms with Gasteiger partial charge in [0.15, 0.2) is 0 Å². The third kappa shape index (κ3) is 1.96. The zero-order chi connectivity index (χ0) is 19.7. The zero-order valence-electron chi connectivity index (χ0n) is 16.2. The topological polar surface area (TPSA) is 21.7 Å². The first kappa shape index (κ1) is 15.8. The first-order chi connectivity index (χ1) is 14.9. The Labute approximate surface area is 172 Å². The summed E-state index contributed by atoms with van der Waals surface area (Å²) in [5.41, 5.74) is 5.65. The summed E-state index contributed by atoms with van der Waals surface area (Å²) in [4.78, 5) is 5.15. The van der Waals surface area contributed by atoms with Crippen molar-refractivity contribution in [3.63, 3.8) is 0 Å². The van der Waals surface area contributed by atoms with E-state index in [0.717, 1.165) is 22.6 Å². The number of imidazole rings is 1. The largest absolute Gasteiger partial charge is 0.284 e. The van der Waals surface area contributed by atoms with Crippen LogP contribution in [0.5, 0.6) is 0 Å². The summed E-state index contributed by atoms with van der Waals surface area (Å²) in [5.74, 6) is 0.928. The molecule has 3 heteroatoms. The van der Waals surface area contributed by atoms with Crippen molar-refractivity contribution in [2.75, 3.05) is 0 Å². The van der Waals surface area contributed by atoms with Gasteiger partial charge < -0.3 is 0 Å². The van der Waals surface area contributed by atoms with Crippen molar-refractivity contribution in [2.45, 2.75) is 0 Å². The number of aromatic nitrogens is 3. The third-order valence-electron chi connectivity index (χ3n) is 6.11. The first-order valence-electron chi connectivity index (χ1n) is 10.2. The molecule has 30 heavy (non-hydrogen) atoms. The van der Waals surface area contributed by atoms with Gasteiger partial charge in [-0.15, -0.1) is 0 Å². The quantitative estimate of drug-likeness (QED) is 0.309. The number of nitrogens with zero attached hydrogens (tertiary/aromatic N) is 3. The Hall–Kier alpha value is -4.11. The number of fused-ring (bicyclic) bond motifs is 8. The van der Waals surface area contributed by atoms with E-state index >= 15 is 0 Å². The van der Waals surface area contributed by atoms with Crippen molar-refractivity contribution >= 4 is 43.9 Å². The Balaban J connectivity index is 1.84. The average Bonchev–Trinajstić information content (AvgIpc) is 3.36. The molecule has 0 bridgehead atoms. The molecule has 0 spiro atoms. The highest BCUT2D eigenvalue weighted by molar-refractivity contribution is 6.19. The molecule has 0 saturated heterocycles. The maximum atomic E-state index is 5.15. The molecule has 7 rings (SSSR count). The summed E-state index contributed by atoms with van der Waals surface area (Å²) in [6, 6.07) is 34.2. The van der Waals surface area contributed by atoms with Crippen LogP contribution in [0, 0.1) is 0 Å². The van der Waals surface area contributed by atoms with Crippen molar-refractivity contribution in [3.05, 3.63) is 103 Å². The molecule has 140 valence electrons. The lowest BCUT2D eigenvalue weighted by atomic mass is 10.1. The Morgan fingerprint density at radius 2 is 1.13 bits per heavy atom. The molecule has 0 radical (unpaired) electrons. The monoisotopic (exact) mass is 383 g/mol. The lowest BCUT2D eigenvalue weighted by Gasteiger charge is -1.99.